The normalized spacial score (nSPS) is 11.4. The van der Waals surface area contributed by atoms with Crippen molar-refractivity contribution in [3.05, 3.63) is 224 Å². The zero-order valence-electron chi connectivity index (χ0n) is 31.7. The molecule has 0 unspecified atom stereocenters. The summed E-state index contributed by atoms with van der Waals surface area (Å²) in [4.78, 5) is 2.37. The van der Waals surface area contributed by atoms with E-state index in [1.165, 1.54) is 54.9 Å². The predicted molar refractivity (Wildman–Crippen MR) is 245 cm³/mol. The number of benzene rings is 10. The highest BCUT2D eigenvalue weighted by Gasteiger charge is 2.18. The van der Waals surface area contributed by atoms with Crippen molar-refractivity contribution in [2.45, 2.75) is 0 Å². The van der Waals surface area contributed by atoms with Crippen molar-refractivity contribution < 1.29 is 4.42 Å². The summed E-state index contributed by atoms with van der Waals surface area (Å²) >= 11 is 0. The van der Waals surface area contributed by atoms with Crippen molar-refractivity contribution in [2.75, 3.05) is 4.90 Å². The number of fused-ring (bicyclic) bond motifs is 5. The lowest BCUT2D eigenvalue weighted by atomic mass is 9.90. The number of furan rings is 1. The van der Waals surface area contributed by atoms with Crippen molar-refractivity contribution in [1.29, 1.82) is 0 Å². The Labute approximate surface area is 337 Å². The summed E-state index contributed by atoms with van der Waals surface area (Å²) in [5, 5.41) is 7.15. The Kier molecular flexibility index (Phi) is 8.19. The first-order valence-corrected chi connectivity index (χ1v) is 19.8. The van der Waals surface area contributed by atoms with Crippen molar-refractivity contribution in [2.24, 2.45) is 0 Å². The second kappa shape index (κ2) is 14.1. The number of hydrogen-bond donors (Lipinski definition) is 0. The Hall–Kier alpha value is -7.68. The maximum absolute atomic E-state index is 6.45. The number of rotatable bonds is 7. The molecule has 0 fully saturated rings. The standard InChI is InChI=1S/C56H37NO/c1-3-12-38(13-4-1)39-22-27-46(28-23-39)57(48-31-33-51(53(37-48)42-14-5-2-6-15-42)50-21-11-19-41-16-9-10-20-49(41)50)47-29-24-40(25-30-47)45-26-32-52-54-34-43-17-7-8-18-44(43)35-56(54)58-55(52)36-45/h1-37H. The van der Waals surface area contributed by atoms with Crippen LogP contribution in [-0.4, -0.2) is 0 Å². The molecule has 272 valence electrons. The summed E-state index contributed by atoms with van der Waals surface area (Å²) in [6.07, 6.45) is 0. The van der Waals surface area contributed by atoms with E-state index in [-0.39, 0.29) is 0 Å². The van der Waals surface area contributed by atoms with Gasteiger partial charge in [0.2, 0.25) is 0 Å². The Morgan fingerprint density at radius 2 is 0.793 bits per heavy atom. The fourth-order valence-electron chi connectivity index (χ4n) is 8.55. The van der Waals surface area contributed by atoms with E-state index in [2.05, 4.69) is 229 Å². The summed E-state index contributed by atoms with van der Waals surface area (Å²) in [5.74, 6) is 0. The summed E-state index contributed by atoms with van der Waals surface area (Å²) in [6, 6.07) is 80.7. The van der Waals surface area contributed by atoms with Crippen LogP contribution in [0.1, 0.15) is 0 Å². The number of hydrogen-bond acceptors (Lipinski definition) is 2. The van der Waals surface area contributed by atoms with Crippen LogP contribution in [0.3, 0.4) is 0 Å². The molecule has 0 N–H and O–H groups in total. The van der Waals surface area contributed by atoms with Gasteiger partial charge >= 0.3 is 0 Å². The zero-order valence-corrected chi connectivity index (χ0v) is 31.7. The highest BCUT2D eigenvalue weighted by Crippen LogP contribution is 2.43. The summed E-state index contributed by atoms with van der Waals surface area (Å²) in [5.41, 5.74) is 14.5. The SMILES string of the molecule is c1ccc(-c2ccc(N(c3ccc(-c4ccc5c(c4)oc4cc6ccccc6cc45)cc3)c3ccc(-c4cccc5ccccc45)c(-c4ccccc4)c3)cc2)cc1. The molecule has 2 nitrogen and oxygen atoms in total. The van der Waals surface area contributed by atoms with Crippen molar-refractivity contribution in [3.8, 4) is 44.5 Å². The molecular formula is C56H37NO. The molecule has 0 atom stereocenters. The van der Waals surface area contributed by atoms with Gasteiger partial charge in [0.15, 0.2) is 0 Å². The lowest BCUT2D eigenvalue weighted by Gasteiger charge is -2.27. The first kappa shape index (κ1) is 33.6. The van der Waals surface area contributed by atoms with E-state index in [9.17, 15) is 0 Å². The number of nitrogens with zero attached hydrogens (tertiary/aromatic N) is 1. The number of anilines is 3. The average molecular weight is 740 g/mol. The third kappa shape index (κ3) is 6.00. The quantitative estimate of drug-likeness (QED) is 0.162. The predicted octanol–water partition coefficient (Wildman–Crippen LogP) is 16.0. The van der Waals surface area contributed by atoms with Crippen LogP contribution in [-0.2, 0) is 0 Å². The third-order valence-electron chi connectivity index (χ3n) is 11.5. The van der Waals surface area contributed by atoms with E-state index in [0.717, 1.165) is 50.1 Å². The molecule has 0 saturated carbocycles. The summed E-state index contributed by atoms with van der Waals surface area (Å²) < 4.78 is 6.45. The van der Waals surface area contributed by atoms with Gasteiger partial charge in [0, 0.05) is 27.8 Å². The average Bonchev–Trinajstić information content (AvgIpc) is 3.65. The monoisotopic (exact) mass is 739 g/mol. The van der Waals surface area contributed by atoms with E-state index < -0.39 is 0 Å². The zero-order chi connectivity index (χ0) is 38.4. The van der Waals surface area contributed by atoms with Crippen LogP contribution in [0, 0.1) is 0 Å². The molecule has 1 aromatic heterocycles. The maximum atomic E-state index is 6.45. The summed E-state index contributed by atoms with van der Waals surface area (Å²) in [7, 11) is 0. The van der Waals surface area contributed by atoms with Crippen LogP contribution in [0.2, 0.25) is 0 Å². The molecule has 0 saturated heterocycles. The van der Waals surface area contributed by atoms with Gasteiger partial charge < -0.3 is 9.32 Å². The molecular weight excluding hydrogens is 703 g/mol. The highest BCUT2D eigenvalue weighted by molar-refractivity contribution is 6.10. The van der Waals surface area contributed by atoms with Crippen molar-refractivity contribution >= 4 is 60.5 Å². The minimum absolute atomic E-state index is 0.895. The van der Waals surface area contributed by atoms with Crippen LogP contribution in [0.25, 0.3) is 88.0 Å². The Morgan fingerprint density at radius 3 is 1.52 bits per heavy atom. The van der Waals surface area contributed by atoms with Gasteiger partial charge in [-0.3, -0.25) is 0 Å². The second-order valence-corrected chi connectivity index (χ2v) is 14.9. The summed E-state index contributed by atoms with van der Waals surface area (Å²) in [6.45, 7) is 0. The molecule has 0 aliphatic heterocycles. The Bertz CT molecular complexity index is 3250. The minimum Gasteiger partial charge on any atom is -0.456 e. The first-order valence-electron chi connectivity index (χ1n) is 19.8. The van der Waals surface area contributed by atoms with E-state index in [0.29, 0.717) is 0 Å². The molecule has 0 spiro atoms. The molecule has 0 aliphatic carbocycles. The molecule has 58 heavy (non-hydrogen) atoms. The molecule has 11 rings (SSSR count). The third-order valence-corrected chi connectivity index (χ3v) is 11.5. The van der Waals surface area contributed by atoms with Gasteiger partial charge in [0.1, 0.15) is 11.2 Å². The molecule has 11 aromatic rings. The fourth-order valence-corrected chi connectivity index (χ4v) is 8.55. The molecule has 0 radical (unpaired) electrons. The molecule has 2 heteroatoms. The van der Waals surface area contributed by atoms with Crippen LogP contribution in [0.5, 0.6) is 0 Å². The van der Waals surface area contributed by atoms with Crippen molar-refractivity contribution in [1.82, 2.24) is 0 Å². The topological polar surface area (TPSA) is 16.4 Å². The second-order valence-electron chi connectivity index (χ2n) is 14.9. The van der Waals surface area contributed by atoms with Crippen LogP contribution in [0.4, 0.5) is 17.1 Å². The first-order chi connectivity index (χ1) is 28.7. The van der Waals surface area contributed by atoms with Gasteiger partial charge in [-0.25, -0.2) is 0 Å². The van der Waals surface area contributed by atoms with Gasteiger partial charge in [-0.1, -0.05) is 164 Å². The van der Waals surface area contributed by atoms with E-state index >= 15 is 0 Å². The van der Waals surface area contributed by atoms with Gasteiger partial charge in [-0.05, 0) is 127 Å². The Morgan fingerprint density at radius 1 is 0.259 bits per heavy atom. The van der Waals surface area contributed by atoms with E-state index in [4.69, 9.17) is 4.42 Å². The van der Waals surface area contributed by atoms with E-state index in [1.54, 1.807) is 0 Å². The Balaban J connectivity index is 1.03. The highest BCUT2D eigenvalue weighted by atomic mass is 16.3. The fraction of sp³-hybridized carbons (Fsp3) is 0. The molecule has 0 aliphatic rings. The van der Waals surface area contributed by atoms with Gasteiger partial charge in [0.25, 0.3) is 0 Å². The van der Waals surface area contributed by atoms with Crippen LogP contribution < -0.4 is 4.90 Å². The lowest BCUT2D eigenvalue weighted by Crippen LogP contribution is -2.10. The van der Waals surface area contributed by atoms with Crippen molar-refractivity contribution in [3.63, 3.8) is 0 Å². The minimum atomic E-state index is 0.895. The molecule has 10 aromatic carbocycles. The van der Waals surface area contributed by atoms with Crippen LogP contribution >= 0.6 is 0 Å². The maximum Gasteiger partial charge on any atom is 0.136 e. The largest absolute Gasteiger partial charge is 0.456 e. The van der Waals surface area contributed by atoms with Crippen LogP contribution in [0.15, 0.2) is 229 Å². The molecule has 0 bridgehead atoms. The van der Waals surface area contributed by atoms with Gasteiger partial charge in [-0.2, -0.15) is 0 Å². The van der Waals surface area contributed by atoms with Gasteiger partial charge in [-0.15, -0.1) is 0 Å². The molecule has 0 amide bonds. The molecule has 1 heterocycles. The lowest BCUT2D eigenvalue weighted by molar-refractivity contribution is 0.669. The van der Waals surface area contributed by atoms with E-state index in [1.807, 2.05) is 0 Å². The van der Waals surface area contributed by atoms with Gasteiger partial charge in [0.05, 0.1) is 0 Å². The smallest absolute Gasteiger partial charge is 0.136 e.